The molecule has 16 heteroatoms. The van der Waals surface area contributed by atoms with Gasteiger partial charge in [0.25, 0.3) is 17.9 Å². The third kappa shape index (κ3) is 5.63. The minimum atomic E-state index is -0.918. The molecule has 4 atom stereocenters. The number of aromatic nitrogens is 2. The fourth-order valence-electron chi connectivity index (χ4n) is 5.43. The summed E-state index contributed by atoms with van der Waals surface area (Å²) in [6, 6.07) is 5.15. The topological polar surface area (TPSA) is 161 Å². The molecule has 1 aromatic carbocycles. The van der Waals surface area contributed by atoms with E-state index in [0.717, 1.165) is 0 Å². The predicted molar refractivity (Wildman–Crippen MR) is 146 cm³/mol. The predicted octanol–water partition coefficient (Wildman–Crippen LogP) is -0.941. The monoisotopic (exact) mass is 731 g/mol. The number of imidazole rings is 1. The Morgan fingerprint density at radius 1 is 1.33 bits per heavy atom. The van der Waals surface area contributed by atoms with Crippen LogP contribution in [0, 0.1) is 22.0 Å². The Morgan fingerprint density at radius 2 is 2.02 bits per heavy atom. The Balaban J connectivity index is 0.00000405. The van der Waals surface area contributed by atoms with E-state index in [1.165, 1.54) is 52.3 Å². The number of nitrogens with two attached hydrogens (primary N) is 1. The smallest absolute Gasteiger partial charge is 0.355 e. The number of aliphatic hydroxyl groups is 1. The van der Waals surface area contributed by atoms with Crippen molar-refractivity contribution < 1.29 is 62.1 Å². The van der Waals surface area contributed by atoms with E-state index in [-0.39, 0.29) is 66.1 Å². The number of alkyl halides is 1. The minimum absolute atomic E-state index is 0. The molecule has 0 saturated carbocycles. The van der Waals surface area contributed by atoms with Gasteiger partial charge in [-0.3, -0.25) is 24.1 Å². The van der Waals surface area contributed by atoms with E-state index in [4.69, 9.17) is 10.5 Å². The highest BCUT2D eigenvalue weighted by Gasteiger charge is 2.60. The summed E-state index contributed by atoms with van der Waals surface area (Å²) in [5, 5.41) is 21.9. The van der Waals surface area contributed by atoms with Crippen LogP contribution < -0.4 is 34.3 Å². The molecule has 0 aliphatic carbocycles. The molecule has 5 rings (SSSR count). The molecule has 1 saturated heterocycles. The number of primary amides is 1. The average molecular weight is 732 g/mol. The van der Waals surface area contributed by atoms with E-state index < -0.39 is 41.5 Å². The van der Waals surface area contributed by atoms with Crippen LogP contribution in [0.25, 0.3) is 10.4 Å². The summed E-state index contributed by atoms with van der Waals surface area (Å²) >= 11 is 2.56. The first-order chi connectivity index (χ1) is 19.5. The highest BCUT2D eigenvalue weighted by molar-refractivity contribution is 7.99. The molecule has 2 aliphatic rings. The molecule has 2 aromatic heterocycles. The molecule has 2 amide bonds. The Morgan fingerprint density at radius 3 is 2.62 bits per heavy atom. The van der Waals surface area contributed by atoms with Crippen molar-refractivity contribution in [2.75, 3.05) is 12.4 Å². The van der Waals surface area contributed by atoms with Crippen molar-refractivity contribution in [3.63, 3.8) is 0 Å². The number of thiazole rings is 1. The second kappa shape index (κ2) is 12.6. The zero-order chi connectivity index (χ0) is 29.6. The van der Waals surface area contributed by atoms with Crippen LogP contribution in [-0.4, -0.2) is 61.7 Å². The lowest BCUT2D eigenvalue weighted by Crippen LogP contribution is -3.00. The van der Waals surface area contributed by atoms with Crippen LogP contribution in [0.4, 0.5) is 10.1 Å². The molecule has 2 aliphatic heterocycles. The number of carbonyl (C=O) groups is 3. The third-order valence-electron chi connectivity index (χ3n) is 7.20. The molecule has 3 aromatic rings. The molecule has 4 heterocycles. The van der Waals surface area contributed by atoms with Crippen LogP contribution in [0.5, 0.6) is 0 Å². The number of nitro groups is 1. The normalized spacial score (nSPS) is 20.2. The van der Waals surface area contributed by atoms with Crippen LogP contribution in [0.2, 0.25) is 0 Å². The molecule has 42 heavy (non-hydrogen) atoms. The summed E-state index contributed by atoms with van der Waals surface area (Å²) in [7, 11) is 0. The van der Waals surface area contributed by atoms with Crippen molar-refractivity contribution in [1.29, 1.82) is 0 Å². The lowest BCUT2D eigenvalue weighted by Gasteiger charge is -2.46. The maximum absolute atomic E-state index is 13.5. The highest BCUT2D eigenvalue weighted by atomic mass is 127. The quantitative estimate of drug-likeness (QED) is 0.0486. The van der Waals surface area contributed by atoms with Gasteiger partial charge in [0.15, 0.2) is 6.54 Å². The molecule has 0 spiro atoms. The van der Waals surface area contributed by atoms with Crippen molar-refractivity contribution in [2.24, 2.45) is 17.6 Å². The number of hydrogen-bond acceptors (Lipinski definition) is 9. The molecule has 0 radical (unpaired) electrons. The van der Waals surface area contributed by atoms with Crippen LogP contribution in [0.3, 0.4) is 0 Å². The summed E-state index contributed by atoms with van der Waals surface area (Å²) in [4.78, 5) is 51.4. The van der Waals surface area contributed by atoms with Gasteiger partial charge in [0, 0.05) is 29.4 Å². The lowest BCUT2D eigenvalue weighted by atomic mass is 9.77. The van der Waals surface area contributed by atoms with E-state index in [1.54, 1.807) is 28.4 Å². The Bertz CT molecular complexity index is 1590. The first-order valence-corrected chi connectivity index (χ1v) is 14.5. The number of nitrogens with zero attached hydrogens (tertiary/aromatic N) is 4. The Hall–Kier alpha value is -3.09. The van der Waals surface area contributed by atoms with Gasteiger partial charge in [-0.05, 0) is 24.6 Å². The molecule has 1 fully saturated rings. The van der Waals surface area contributed by atoms with Gasteiger partial charge >= 0.3 is 5.97 Å². The molecule has 0 bridgehead atoms. The summed E-state index contributed by atoms with van der Waals surface area (Å²) in [5.41, 5.74) is 6.50. The molecular weight excluding hydrogens is 704 g/mol. The van der Waals surface area contributed by atoms with Gasteiger partial charge in [-0.25, -0.2) is 9.36 Å². The van der Waals surface area contributed by atoms with Crippen molar-refractivity contribution in [3.8, 4) is 0 Å². The average Bonchev–Trinajstić information content (AvgIpc) is 3.53. The first-order valence-electron chi connectivity index (χ1n) is 12.7. The molecule has 0 unspecified atom stereocenters. The molecule has 3 N–H and O–H groups in total. The van der Waals surface area contributed by atoms with E-state index in [0.29, 0.717) is 25.9 Å². The van der Waals surface area contributed by atoms with Crippen molar-refractivity contribution in [3.05, 3.63) is 63.0 Å². The van der Waals surface area contributed by atoms with Crippen LogP contribution >= 0.6 is 23.1 Å². The van der Waals surface area contributed by atoms with Gasteiger partial charge in [-0.15, -0.1) is 0 Å². The maximum Gasteiger partial charge on any atom is 0.355 e. The zero-order valence-corrected chi connectivity index (χ0v) is 26.2. The fourth-order valence-corrected chi connectivity index (χ4v) is 7.69. The SMILES string of the molecule is C[C@@H](O)[C@H]1C(=O)N2C(C(=O)OCc3ccc([N+](=O)[O-])cc3)=C(c3cn4c[n+](CC(N)=O)c(SCCF)c4s3)[C@H](C)[C@H]12.[I-]. The Kier molecular flexibility index (Phi) is 9.58. The minimum Gasteiger partial charge on any atom is -1.00 e. The van der Waals surface area contributed by atoms with E-state index >= 15 is 0 Å². The number of hydrogen-bond donors (Lipinski definition) is 2. The van der Waals surface area contributed by atoms with Gasteiger partial charge < -0.3 is 44.5 Å². The van der Waals surface area contributed by atoms with Crippen molar-refractivity contribution in [2.45, 2.75) is 44.2 Å². The number of fused-ring (bicyclic) bond motifs is 2. The van der Waals surface area contributed by atoms with Crippen LogP contribution in [-0.2, 0) is 32.3 Å². The highest BCUT2D eigenvalue weighted by Crippen LogP contribution is 2.52. The number of β-lactam (4-membered cyclic amide) rings is 1. The second-order valence-corrected chi connectivity index (χ2v) is 12.0. The van der Waals surface area contributed by atoms with Gasteiger partial charge in [-0.1, -0.05) is 30.0 Å². The number of ether oxygens (including phenoxy) is 1. The maximum atomic E-state index is 13.5. The van der Waals surface area contributed by atoms with Gasteiger partial charge in [0.2, 0.25) is 15.8 Å². The van der Waals surface area contributed by atoms with E-state index in [9.17, 15) is 34.0 Å². The zero-order valence-electron chi connectivity index (χ0n) is 22.4. The summed E-state index contributed by atoms with van der Waals surface area (Å²) < 4.78 is 22.0. The second-order valence-electron chi connectivity index (χ2n) is 9.88. The number of benzene rings is 1. The molecule has 224 valence electrons. The standard InChI is InChI=1S/C26H26FN5O7S2.HI/c1-13-19(17-9-29-12-30(10-18(28)34)24(25(29)41-17)40-8-7-27)22(31-21(13)20(14(2)33)23(31)35)26(36)39-11-15-3-5-16(6-4-15)32(37)38;/h3-6,9,12-14,20-21,33H,7-8,10-11H2,1-2H3,(H-,28,34);1H/t13-,14+,20+,21+;/m0./s1. The lowest BCUT2D eigenvalue weighted by molar-refractivity contribution is -0.717. The van der Waals surface area contributed by atoms with Gasteiger partial charge in [-0.2, -0.15) is 4.40 Å². The third-order valence-corrected chi connectivity index (χ3v) is 9.53. The number of carbonyl (C=O) groups excluding carboxylic acids is 3. The van der Waals surface area contributed by atoms with Crippen LogP contribution in [0.15, 0.2) is 47.5 Å². The number of nitro benzene ring substituents is 1. The number of non-ortho nitro benzene ring substituents is 1. The van der Waals surface area contributed by atoms with Gasteiger partial charge in [0.1, 0.15) is 18.5 Å². The summed E-state index contributed by atoms with van der Waals surface area (Å²) in [6.45, 7) is 2.60. The molecular formula is C26H27FIN5O7S2. The number of esters is 1. The number of thioether (sulfide) groups is 1. The number of halogens is 2. The molecule has 12 nitrogen and oxygen atoms in total. The van der Waals surface area contributed by atoms with Crippen molar-refractivity contribution >= 4 is 57.0 Å². The van der Waals surface area contributed by atoms with Crippen molar-refractivity contribution in [1.82, 2.24) is 9.30 Å². The summed E-state index contributed by atoms with van der Waals surface area (Å²) in [5.74, 6) is -2.50. The first kappa shape index (κ1) is 31.8. The number of rotatable bonds is 11. The number of amides is 2. The van der Waals surface area contributed by atoms with E-state index in [1.807, 2.05) is 6.92 Å². The van der Waals surface area contributed by atoms with Crippen LogP contribution in [0.1, 0.15) is 24.3 Å². The number of aliphatic hydroxyl groups excluding tert-OH is 1. The fraction of sp³-hybridized carbons (Fsp3) is 0.385. The Labute approximate surface area is 264 Å². The largest absolute Gasteiger partial charge is 1.00 e. The summed E-state index contributed by atoms with van der Waals surface area (Å²) in [6.07, 6.45) is 2.53. The van der Waals surface area contributed by atoms with Gasteiger partial charge in [0.05, 0.1) is 34.5 Å². The van der Waals surface area contributed by atoms with E-state index in [2.05, 4.69) is 0 Å².